The second-order valence-electron chi connectivity index (χ2n) is 4.19. The monoisotopic (exact) mass is 244 g/mol. The van der Waals surface area contributed by atoms with E-state index in [0.717, 1.165) is 18.5 Å². The van der Waals surface area contributed by atoms with Crippen molar-refractivity contribution in [3.05, 3.63) is 34.6 Å². The van der Waals surface area contributed by atoms with Crippen molar-refractivity contribution in [2.45, 2.75) is 12.5 Å². The Bertz CT molecular complexity index is 342. The summed E-state index contributed by atoms with van der Waals surface area (Å²) in [7, 11) is 5.93. The Morgan fingerprint density at radius 3 is 2.69 bits per heavy atom. The smallest absolute Gasteiger partial charge is 0.123 e. The van der Waals surface area contributed by atoms with E-state index in [1.54, 1.807) is 6.07 Å². The van der Waals surface area contributed by atoms with Gasteiger partial charge in [-0.05, 0) is 51.3 Å². The van der Waals surface area contributed by atoms with E-state index in [4.69, 9.17) is 11.6 Å². The number of halogens is 2. The average Bonchev–Trinajstić information content (AvgIpc) is 2.21. The number of nitrogens with zero attached hydrogens (tertiary/aromatic N) is 1. The molecule has 0 bridgehead atoms. The Labute approximate surface area is 101 Å². The lowest BCUT2D eigenvalue weighted by Crippen LogP contribution is -2.37. The average molecular weight is 245 g/mol. The topological polar surface area (TPSA) is 15.3 Å². The Morgan fingerprint density at radius 1 is 1.44 bits per heavy atom. The van der Waals surface area contributed by atoms with Crippen LogP contribution in [0.15, 0.2) is 18.2 Å². The van der Waals surface area contributed by atoms with Crippen LogP contribution in [0.4, 0.5) is 4.39 Å². The van der Waals surface area contributed by atoms with Crippen molar-refractivity contribution in [3.8, 4) is 0 Å². The van der Waals surface area contributed by atoms with Gasteiger partial charge in [0.25, 0.3) is 0 Å². The molecule has 0 radical (unpaired) electrons. The molecule has 0 aliphatic rings. The molecule has 0 heterocycles. The second kappa shape index (κ2) is 6.18. The van der Waals surface area contributed by atoms with Crippen LogP contribution in [0.5, 0.6) is 0 Å². The van der Waals surface area contributed by atoms with Gasteiger partial charge >= 0.3 is 0 Å². The molecule has 1 rings (SSSR count). The molecule has 0 amide bonds. The van der Waals surface area contributed by atoms with Crippen LogP contribution in [-0.2, 0) is 6.42 Å². The van der Waals surface area contributed by atoms with Crippen molar-refractivity contribution < 1.29 is 4.39 Å². The van der Waals surface area contributed by atoms with Crippen LogP contribution < -0.4 is 5.32 Å². The van der Waals surface area contributed by atoms with Gasteiger partial charge in [0.15, 0.2) is 0 Å². The Hall–Kier alpha value is -0.640. The maximum Gasteiger partial charge on any atom is 0.123 e. The third-order valence-electron chi connectivity index (χ3n) is 2.47. The van der Waals surface area contributed by atoms with Crippen molar-refractivity contribution in [2.75, 3.05) is 27.7 Å². The highest BCUT2D eigenvalue weighted by molar-refractivity contribution is 6.31. The van der Waals surface area contributed by atoms with Gasteiger partial charge in [-0.1, -0.05) is 11.6 Å². The summed E-state index contributed by atoms with van der Waals surface area (Å²) in [6, 6.07) is 4.76. The summed E-state index contributed by atoms with van der Waals surface area (Å²) >= 11 is 6.03. The molecule has 90 valence electrons. The molecule has 0 aliphatic carbocycles. The van der Waals surface area contributed by atoms with Gasteiger partial charge in [0, 0.05) is 17.6 Å². The SMILES string of the molecule is CNC(Cc1cc(F)ccc1Cl)CN(C)C. The summed E-state index contributed by atoms with van der Waals surface area (Å²) in [6.45, 7) is 0.892. The Kier molecular flexibility index (Phi) is 5.19. The van der Waals surface area contributed by atoms with E-state index < -0.39 is 0 Å². The normalized spacial score (nSPS) is 13.1. The minimum atomic E-state index is -0.237. The summed E-state index contributed by atoms with van der Waals surface area (Å²) in [6.07, 6.45) is 0.727. The molecular weight excluding hydrogens is 227 g/mol. The lowest BCUT2D eigenvalue weighted by molar-refractivity contribution is 0.346. The molecule has 2 nitrogen and oxygen atoms in total. The maximum absolute atomic E-state index is 13.1. The van der Waals surface area contributed by atoms with Crippen molar-refractivity contribution in [3.63, 3.8) is 0 Å². The number of likely N-dealkylation sites (N-methyl/N-ethyl adjacent to an activating group) is 2. The molecule has 0 aromatic heterocycles. The zero-order valence-corrected chi connectivity index (χ0v) is 10.7. The quantitative estimate of drug-likeness (QED) is 0.854. The van der Waals surface area contributed by atoms with Crippen LogP contribution in [0, 0.1) is 5.82 Å². The van der Waals surface area contributed by atoms with E-state index in [0.29, 0.717) is 5.02 Å². The highest BCUT2D eigenvalue weighted by Gasteiger charge is 2.11. The minimum absolute atomic E-state index is 0.237. The van der Waals surface area contributed by atoms with E-state index in [2.05, 4.69) is 10.2 Å². The molecule has 4 heteroatoms. The fourth-order valence-corrected chi connectivity index (χ4v) is 1.86. The predicted octanol–water partition coefficient (Wildman–Crippen LogP) is 2.17. The van der Waals surface area contributed by atoms with E-state index in [1.807, 2.05) is 21.1 Å². The van der Waals surface area contributed by atoms with Crippen LogP contribution in [0.2, 0.25) is 5.02 Å². The molecule has 1 N–H and O–H groups in total. The molecule has 1 aromatic rings. The minimum Gasteiger partial charge on any atom is -0.315 e. The molecule has 0 saturated carbocycles. The lowest BCUT2D eigenvalue weighted by Gasteiger charge is -2.21. The molecule has 0 aliphatic heterocycles. The van der Waals surface area contributed by atoms with Gasteiger partial charge in [-0.2, -0.15) is 0 Å². The third kappa shape index (κ3) is 4.08. The Morgan fingerprint density at radius 2 is 2.12 bits per heavy atom. The van der Waals surface area contributed by atoms with E-state index in [9.17, 15) is 4.39 Å². The van der Waals surface area contributed by atoms with Gasteiger partial charge in [-0.15, -0.1) is 0 Å². The fraction of sp³-hybridized carbons (Fsp3) is 0.500. The molecule has 1 atom stereocenters. The van der Waals surface area contributed by atoms with Gasteiger partial charge in [-0.3, -0.25) is 0 Å². The molecule has 0 fully saturated rings. The highest BCUT2D eigenvalue weighted by Crippen LogP contribution is 2.18. The molecule has 0 saturated heterocycles. The molecule has 1 unspecified atom stereocenters. The summed E-state index contributed by atoms with van der Waals surface area (Å²) in [5.41, 5.74) is 0.850. The van der Waals surface area contributed by atoms with E-state index >= 15 is 0 Å². The first-order valence-electron chi connectivity index (χ1n) is 5.29. The summed E-state index contributed by atoms with van der Waals surface area (Å²) < 4.78 is 13.1. The number of nitrogens with one attached hydrogen (secondary N) is 1. The highest BCUT2D eigenvalue weighted by atomic mass is 35.5. The maximum atomic E-state index is 13.1. The molecule has 1 aromatic carbocycles. The lowest BCUT2D eigenvalue weighted by atomic mass is 10.1. The second-order valence-corrected chi connectivity index (χ2v) is 4.59. The third-order valence-corrected chi connectivity index (χ3v) is 2.84. The summed E-state index contributed by atoms with van der Waals surface area (Å²) in [5.74, 6) is -0.237. The van der Waals surface area contributed by atoms with Crippen LogP contribution in [0.1, 0.15) is 5.56 Å². The van der Waals surface area contributed by atoms with Gasteiger partial charge < -0.3 is 10.2 Å². The first-order chi connectivity index (χ1) is 7.52. The van der Waals surface area contributed by atoms with Gasteiger partial charge in [0.05, 0.1) is 0 Å². The predicted molar refractivity (Wildman–Crippen MR) is 66.5 cm³/mol. The Balaban J connectivity index is 2.73. The van der Waals surface area contributed by atoms with Crippen molar-refractivity contribution in [1.29, 1.82) is 0 Å². The van der Waals surface area contributed by atoms with Crippen molar-refractivity contribution in [1.82, 2.24) is 10.2 Å². The van der Waals surface area contributed by atoms with E-state index in [-0.39, 0.29) is 11.9 Å². The van der Waals surface area contributed by atoms with Crippen molar-refractivity contribution >= 4 is 11.6 Å². The number of benzene rings is 1. The van der Waals surface area contributed by atoms with Gasteiger partial charge in [0.2, 0.25) is 0 Å². The zero-order valence-electron chi connectivity index (χ0n) is 9.93. The number of rotatable bonds is 5. The first-order valence-corrected chi connectivity index (χ1v) is 5.66. The van der Waals surface area contributed by atoms with Gasteiger partial charge in [0.1, 0.15) is 5.82 Å². The fourth-order valence-electron chi connectivity index (χ4n) is 1.66. The van der Waals surface area contributed by atoms with E-state index in [1.165, 1.54) is 12.1 Å². The van der Waals surface area contributed by atoms with Gasteiger partial charge in [-0.25, -0.2) is 4.39 Å². The molecule has 0 spiro atoms. The van der Waals surface area contributed by atoms with Crippen LogP contribution in [-0.4, -0.2) is 38.6 Å². The molecular formula is C12H18ClFN2. The summed E-state index contributed by atoms with van der Waals surface area (Å²) in [5, 5.41) is 3.83. The number of hydrogen-bond acceptors (Lipinski definition) is 2. The summed E-state index contributed by atoms with van der Waals surface area (Å²) in [4.78, 5) is 2.09. The molecule has 16 heavy (non-hydrogen) atoms. The van der Waals surface area contributed by atoms with Crippen molar-refractivity contribution in [2.24, 2.45) is 0 Å². The zero-order chi connectivity index (χ0) is 12.1. The standard InChI is InChI=1S/C12H18ClFN2/c1-15-11(8-16(2)3)7-9-6-10(14)4-5-12(9)13/h4-6,11,15H,7-8H2,1-3H3. The number of hydrogen-bond donors (Lipinski definition) is 1. The van der Waals surface area contributed by atoms with Crippen LogP contribution in [0.25, 0.3) is 0 Å². The largest absolute Gasteiger partial charge is 0.315 e. The first kappa shape index (κ1) is 13.4. The van der Waals surface area contributed by atoms with Crippen LogP contribution >= 0.6 is 11.6 Å². The van der Waals surface area contributed by atoms with Crippen LogP contribution in [0.3, 0.4) is 0 Å².